The molecule has 94 valence electrons. The van der Waals surface area contributed by atoms with Crippen LogP contribution in [0.4, 0.5) is 4.79 Å². The molecule has 1 saturated heterocycles. The molecule has 0 aliphatic carbocycles. The maximum Gasteiger partial charge on any atom is 0.314 e. The summed E-state index contributed by atoms with van der Waals surface area (Å²) < 4.78 is 0. The highest BCUT2D eigenvalue weighted by molar-refractivity contribution is 5.73. The first-order valence-electron chi connectivity index (χ1n) is 6.46. The zero-order valence-electron chi connectivity index (χ0n) is 10.6. The maximum absolute atomic E-state index is 11.1. The lowest BCUT2D eigenvalue weighted by atomic mass is 9.99. The van der Waals surface area contributed by atoms with Crippen LogP contribution in [0.25, 0.3) is 0 Å². The van der Waals surface area contributed by atoms with Gasteiger partial charge in [0.15, 0.2) is 0 Å². The van der Waals surface area contributed by atoms with E-state index in [0.717, 1.165) is 25.4 Å². The zero-order valence-corrected chi connectivity index (χ0v) is 10.6. The Bertz CT molecular complexity index is 200. The highest BCUT2D eigenvalue weighted by Gasteiger charge is 2.14. The van der Waals surface area contributed by atoms with Crippen molar-refractivity contribution in [3.8, 4) is 0 Å². The summed E-state index contributed by atoms with van der Waals surface area (Å²) in [5.41, 5.74) is 0. The molecular weight excluding hydrogens is 202 g/mol. The number of piperidine rings is 1. The second-order valence-electron chi connectivity index (χ2n) is 4.66. The van der Waals surface area contributed by atoms with Crippen molar-refractivity contribution < 1.29 is 4.79 Å². The van der Waals surface area contributed by atoms with Gasteiger partial charge in [-0.25, -0.2) is 4.79 Å². The first-order valence-corrected chi connectivity index (χ1v) is 6.46. The van der Waals surface area contributed by atoms with Crippen LogP contribution in [0.1, 0.15) is 33.1 Å². The Morgan fingerprint density at radius 2 is 2.00 bits per heavy atom. The molecule has 1 rings (SSSR count). The van der Waals surface area contributed by atoms with Gasteiger partial charge in [0.05, 0.1) is 0 Å². The molecule has 0 bridgehead atoms. The number of amides is 2. The van der Waals surface area contributed by atoms with Gasteiger partial charge in [-0.05, 0) is 51.7 Å². The summed E-state index contributed by atoms with van der Waals surface area (Å²) >= 11 is 0. The largest absolute Gasteiger partial charge is 0.338 e. The summed E-state index contributed by atoms with van der Waals surface area (Å²) in [6.07, 6.45) is 3.69. The number of nitrogens with one attached hydrogen (secondary N) is 2. The van der Waals surface area contributed by atoms with Crippen molar-refractivity contribution in [2.24, 2.45) is 5.92 Å². The standard InChI is InChI=1S/C12H25N3O/c1-3-13-12(16)14-7-4-8-15-9-5-11(2)6-10-15/h11H,3-10H2,1-2H3,(H2,13,14,16). The predicted octanol–water partition coefficient (Wildman–Crippen LogP) is 1.43. The van der Waals surface area contributed by atoms with Crippen molar-refractivity contribution in [1.82, 2.24) is 15.5 Å². The van der Waals surface area contributed by atoms with E-state index in [9.17, 15) is 4.79 Å². The molecule has 1 heterocycles. The fourth-order valence-corrected chi connectivity index (χ4v) is 2.01. The Morgan fingerprint density at radius 1 is 1.31 bits per heavy atom. The Hall–Kier alpha value is -0.770. The highest BCUT2D eigenvalue weighted by Crippen LogP contribution is 2.15. The Balaban J connectivity index is 1.97. The van der Waals surface area contributed by atoms with E-state index in [1.54, 1.807) is 0 Å². The fraction of sp³-hybridized carbons (Fsp3) is 0.917. The van der Waals surface area contributed by atoms with Crippen LogP contribution in [0, 0.1) is 5.92 Å². The lowest BCUT2D eigenvalue weighted by molar-refractivity contribution is 0.190. The molecule has 0 aromatic heterocycles. The normalized spacial score (nSPS) is 18.4. The van der Waals surface area contributed by atoms with Crippen molar-refractivity contribution in [3.05, 3.63) is 0 Å². The number of urea groups is 1. The van der Waals surface area contributed by atoms with E-state index in [-0.39, 0.29) is 6.03 Å². The van der Waals surface area contributed by atoms with Gasteiger partial charge in [-0.3, -0.25) is 0 Å². The lowest BCUT2D eigenvalue weighted by Gasteiger charge is -2.30. The molecule has 4 heteroatoms. The molecule has 1 aliphatic rings. The number of carbonyl (C=O) groups excluding carboxylic acids is 1. The van der Waals surface area contributed by atoms with Gasteiger partial charge in [-0.1, -0.05) is 6.92 Å². The highest BCUT2D eigenvalue weighted by atomic mass is 16.2. The molecule has 0 atom stereocenters. The summed E-state index contributed by atoms with van der Waals surface area (Å²) in [7, 11) is 0. The third kappa shape index (κ3) is 5.35. The minimum absolute atomic E-state index is 0.0465. The van der Waals surface area contributed by atoms with Crippen molar-refractivity contribution in [2.75, 3.05) is 32.7 Å². The molecule has 0 aromatic rings. The van der Waals surface area contributed by atoms with E-state index < -0.39 is 0 Å². The van der Waals surface area contributed by atoms with Crippen LogP contribution in [-0.4, -0.2) is 43.7 Å². The van der Waals surface area contributed by atoms with E-state index in [4.69, 9.17) is 0 Å². The van der Waals surface area contributed by atoms with Crippen LogP contribution in [0.15, 0.2) is 0 Å². The van der Waals surface area contributed by atoms with Gasteiger partial charge in [-0.15, -0.1) is 0 Å². The van der Waals surface area contributed by atoms with Gasteiger partial charge < -0.3 is 15.5 Å². The monoisotopic (exact) mass is 227 g/mol. The van der Waals surface area contributed by atoms with Crippen LogP contribution >= 0.6 is 0 Å². The number of carbonyl (C=O) groups is 1. The number of likely N-dealkylation sites (tertiary alicyclic amines) is 1. The van der Waals surface area contributed by atoms with Gasteiger partial charge in [0.2, 0.25) is 0 Å². The number of hydrogen-bond acceptors (Lipinski definition) is 2. The second kappa shape index (κ2) is 7.49. The van der Waals surface area contributed by atoms with Gasteiger partial charge in [-0.2, -0.15) is 0 Å². The molecule has 0 radical (unpaired) electrons. The zero-order chi connectivity index (χ0) is 11.8. The first kappa shape index (κ1) is 13.3. The lowest BCUT2D eigenvalue weighted by Crippen LogP contribution is -2.38. The third-order valence-corrected chi connectivity index (χ3v) is 3.15. The van der Waals surface area contributed by atoms with Crippen molar-refractivity contribution >= 4 is 6.03 Å². The van der Waals surface area contributed by atoms with Crippen molar-refractivity contribution in [1.29, 1.82) is 0 Å². The molecule has 0 spiro atoms. The molecule has 4 nitrogen and oxygen atoms in total. The summed E-state index contributed by atoms with van der Waals surface area (Å²) in [5, 5.41) is 5.58. The minimum Gasteiger partial charge on any atom is -0.338 e. The molecule has 1 aliphatic heterocycles. The van der Waals surface area contributed by atoms with E-state index in [0.29, 0.717) is 6.54 Å². The second-order valence-corrected chi connectivity index (χ2v) is 4.66. The molecule has 0 unspecified atom stereocenters. The molecule has 2 N–H and O–H groups in total. The van der Waals surface area contributed by atoms with Crippen LogP contribution in [0.3, 0.4) is 0 Å². The predicted molar refractivity (Wildman–Crippen MR) is 66.5 cm³/mol. The Morgan fingerprint density at radius 3 is 2.62 bits per heavy atom. The molecular formula is C12H25N3O. The molecule has 2 amide bonds. The summed E-state index contributed by atoms with van der Waals surface area (Å²) in [6.45, 7) is 9.28. The fourth-order valence-electron chi connectivity index (χ4n) is 2.01. The van der Waals surface area contributed by atoms with Crippen LogP contribution in [0.2, 0.25) is 0 Å². The van der Waals surface area contributed by atoms with Gasteiger partial charge in [0.25, 0.3) is 0 Å². The summed E-state index contributed by atoms with van der Waals surface area (Å²) in [5.74, 6) is 0.893. The average Bonchev–Trinajstić information content (AvgIpc) is 2.27. The van der Waals surface area contributed by atoms with Crippen molar-refractivity contribution in [2.45, 2.75) is 33.1 Å². The van der Waals surface area contributed by atoms with Crippen LogP contribution in [-0.2, 0) is 0 Å². The van der Waals surface area contributed by atoms with Gasteiger partial charge in [0, 0.05) is 13.1 Å². The van der Waals surface area contributed by atoms with E-state index in [2.05, 4.69) is 22.5 Å². The maximum atomic E-state index is 11.1. The number of hydrogen-bond donors (Lipinski definition) is 2. The number of nitrogens with zero attached hydrogens (tertiary/aromatic N) is 1. The quantitative estimate of drug-likeness (QED) is 0.698. The Kier molecular flexibility index (Phi) is 6.23. The topological polar surface area (TPSA) is 44.4 Å². The number of rotatable bonds is 5. The van der Waals surface area contributed by atoms with Crippen LogP contribution < -0.4 is 10.6 Å². The molecule has 0 saturated carbocycles. The third-order valence-electron chi connectivity index (χ3n) is 3.15. The van der Waals surface area contributed by atoms with E-state index >= 15 is 0 Å². The van der Waals surface area contributed by atoms with E-state index in [1.165, 1.54) is 25.9 Å². The SMILES string of the molecule is CCNC(=O)NCCCN1CCC(C)CC1. The summed E-state index contributed by atoms with van der Waals surface area (Å²) in [6, 6.07) is -0.0465. The van der Waals surface area contributed by atoms with E-state index in [1.807, 2.05) is 6.92 Å². The summed E-state index contributed by atoms with van der Waals surface area (Å²) in [4.78, 5) is 13.6. The van der Waals surface area contributed by atoms with Gasteiger partial charge >= 0.3 is 6.03 Å². The van der Waals surface area contributed by atoms with Crippen molar-refractivity contribution in [3.63, 3.8) is 0 Å². The first-order chi connectivity index (χ1) is 7.72. The molecule has 1 fully saturated rings. The average molecular weight is 227 g/mol. The smallest absolute Gasteiger partial charge is 0.314 e. The molecule has 16 heavy (non-hydrogen) atoms. The molecule has 0 aromatic carbocycles. The van der Waals surface area contributed by atoms with Crippen LogP contribution in [0.5, 0.6) is 0 Å². The Labute approximate surface area is 98.8 Å². The minimum atomic E-state index is -0.0465. The van der Waals surface area contributed by atoms with Gasteiger partial charge in [0.1, 0.15) is 0 Å².